The third-order valence-corrected chi connectivity index (χ3v) is 6.51. The number of aromatic nitrogens is 3. The topological polar surface area (TPSA) is 69.5 Å². The molecule has 1 saturated heterocycles. The molecule has 8 heteroatoms. The van der Waals surface area contributed by atoms with Gasteiger partial charge in [0.15, 0.2) is 11.5 Å². The standard InChI is InChI=1S/C21H24N4O3S/c1-14-19(21(26)24-9-6-16(7-10-24)25-11-8-22-13-25)29-20(23-14)15-4-5-17(27-2)18(12-15)28-3/h4-5,8,11-13,16H,6-7,9-10H2,1-3H3. The van der Waals surface area contributed by atoms with Gasteiger partial charge in [0.1, 0.15) is 9.88 Å². The maximum absolute atomic E-state index is 13.1. The first kappa shape index (κ1) is 19.4. The SMILES string of the molecule is COc1ccc(-c2nc(C)c(C(=O)N3CCC(n4ccnc4)CC3)s2)cc1OC. The molecule has 1 fully saturated rings. The molecule has 3 aromatic rings. The summed E-state index contributed by atoms with van der Waals surface area (Å²) >= 11 is 1.43. The Morgan fingerprint density at radius 2 is 1.93 bits per heavy atom. The minimum Gasteiger partial charge on any atom is -0.493 e. The maximum atomic E-state index is 13.1. The van der Waals surface area contributed by atoms with Crippen LogP contribution in [0.4, 0.5) is 0 Å². The molecule has 0 N–H and O–H groups in total. The van der Waals surface area contributed by atoms with Crippen LogP contribution in [-0.2, 0) is 0 Å². The summed E-state index contributed by atoms with van der Waals surface area (Å²) in [4.78, 5) is 24.5. The van der Waals surface area contributed by atoms with E-state index >= 15 is 0 Å². The summed E-state index contributed by atoms with van der Waals surface area (Å²) in [6.07, 6.45) is 7.51. The van der Waals surface area contributed by atoms with Crippen LogP contribution >= 0.6 is 11.3 Å². The molecule has 0 radical (unpaired) electrons. The van der Waals surface area contributed by atoms with E-state index in [1.165, 1.54) is 11.3 Å². The first-order valence-electron chi connectivity index (χ1n) is 9.57. The van der Waals surface area contributed by atoms with Gasteiger partial charge in [-0.1, -0.05) is 0 Å². The van der Waals surface area contributed by atoms with E-state index in [1.807, 2.05) is 42.5 Å². The smallest absolute Gasteiger partial charge is 0.265 e. The first-order chi connectivity index (χ1) is 14.1. The largest absolute Gasteiger partial charge is 0.493 e. The lowest BCUT2D eigenvalue weighted by molar-refractivity contribution is 0.0698. The molecule has 0 atom stereocenters. The number of ether oxygens (including phenoxy) is 2. The number of nitrogens with zero attached hydrogens (tertiary/aromatic N) is 4. The third kappa shape index (κ3) is 3.85. The number of methoxy groups -OCH3 is 2. The van der Waals surface area contributed by atoms with Gasteiger partial charge in [-0.3, -0.25) is 4.79 Å². The number of hydrogen-bond acceptors (Lipinski definition) is 6. The van der Waals surface area contributed by atoms with E-state index in [0.29, 0.717) is 22.4 Å². The van der Waals surface area contributed by atoms with Crippen molar-refractivity contribution in [3.8, 4) is 22.1 Å². The maximum Gasteiger partial charge on any atom is 0.265 e. The number of carbonyl (C=O) groups is 1. The van der Waals surface area contributed by atoms with Crippen LogP contribution in [0.1, 0.15) is 34.2 Å². The van der Waals surface area contributed by atoms with E-state index in [9.17, 15) is 4.79 Å². The molecule has 0 saturated carbocycles. The molecule has 1 aliphatic heterocycles. The number of amides is 1. The number of aryl methyl sites for hydroxylation is 1. The quantitative estimate of drug-likeness (QED) is 0.637. The fourth-order valence-corrected chi connectivity index (χ4v) is 4.71. The molecule has 1 aliphatic rings. The Bertz CT molecular complexity index is 992. The summed E-state index contributed by atoms with van der Waals surface area (Å²) in [5.74, 6) is 1.38. The summed E-state index contributed by atoms with van der Waals surface area (Å²) in [6.45, 7) is 3.38. The van der Waals surface area contributed by atoms with Crippen molar-refractivity contribution >= 4 is 17.2 Å². The lowest BCUT2D eigenvalue weighted by atomic mass is 10.0. The van der Waals surface area contributed by atoms with Crippen molar-refractivity contribution in [1.29, 1.82) is 0 Å². The molecular formula is C21H24N4O3S. The molecule has 7 nitrogen and oxygen atoms in total. The minimum atomic E-state index is 0.0656. The second-order valence-electron chi connectivity index (χ2n) is 7.04. The van der Waals surface area contributed by atoms with Crippen LogP contribution in [0.15, 0.2) is 36.9 Å². The van der Waals surface area contributed by atoms with Crippen molar-refractivity contribution < 1.29 is 14.3 Å². The zero-order chi connectivity index (χ0) is 20.4. The van der Waals surface area contributed by atoms with Crippen LogP contribution in [0, 0.1) is 6.92 Å². The Morgan fingerprint density at radius 3 is 2.59 bits per heavy atom. The van der Waals surface area contributed by atoms with Gasteiger partial charge in [0.2, 0.25) is 0 Å². The van der Waals surface area contributed by atoms with E-state index in [2.05, 4.69) is 14.5 Å². The minimum absolute atomic E-state index is 0.0656. The number of rotatable bonds is 5. The van der Waals surface area contributed by atoms with E-state index in [0.717, 1.165) is 42.2 Å². The van der Waals surface area contributed by atoms with Crippen molar-refractivity contribution in [2.24, 2.45) is 0 Å². The molecule has 0 spiro atoms. The lowest BCUT2D eigenvalue weighted by Gasteiger charge is -2.32. The predicted molar refractivity (Wildman–Crippen MR) is 112 cm³/mol. The summed E-state index contributed by atoms with van der Waals surface area (Å²) in [7, 11) is 3.22. The average molecular weight is 413 g/mol. The summed E-state index contributed by atoms with van der Waals surface area (Å²) in [5, 5.41) is 0.806. The normalized spacial score (nSPS) is 14.8. The van der Waals surface area contributed by atoms with Crippen molar-refractivity contribution in [3.05, 3.63) is 47.5 Å². The highest BCUT2D eigenvalue weighted by molar-refractivity contribution is 7.17. The van der Waals surface area contributed by atoms with E-state index in [-0.39, 0.29) is 5.91 Å². The summed E-state index contributed by atoms with van der Waals surface area (Å²) < 4.78 is 12.8. The Hall–Kier alpha value is -2.87. The number of carbonyl (C=O) groups excluding carboxylic acids is 1. The average Bonchev–Trinajstić information content (AvgIpc) is 3.43. The molecule has 29 heavy (non-hydrogen) atoms. The Kier molecular flexibility index (Phi) is 5.53. The van der Waals surface area contributed by atoms with Gasteiger partial charge in [-0.15, -0.1) is 11.3 Å². The van der Waals surface area contributed by atoms with Gasteiger partial charge in [0, 0.05) is 37.1 Å². The summed E-state index contributed by atoms with van der Waals surface area (Å²) in [6, 6.07) is 6.09. The van der Waals surface area contributed by atoms with Gasteiger partial charge >= 0.3 is 0 Å². The number of hydrogen-bond donors (Lipinski definition) is 0. The van der Waals surface area contributed by atoms with Gasteiger partial charge in [0.05, 0.1) is 26.2 Å². The second-order valence-corrected chi connectivity index (χ2v) is 8.04. The summed E-state index contributed by atoms with van der Waals surface area (Å²) in [5.41, 5.74) is 1.68. The van der Waals surface area contributed by atoms with Crippen LogP contribution < -0.4 is 9.47 Å². The zero-order valence-electron chi connectivity index (χ0n) is 16.8. The Morgan fingerprint density at radius 1 is 1.17 bits per heavy atom. The molecule has 0 unspecified atom stereocenters. The van der Waals surface area contributed by atoms with Crippen LogP contribution in [0.5, 0.6) is 11.5 Å². The zero-order valence-corrected chi connectivity index (χ0v) is 17.6. The van der Waals surface area contributed by atoms with Crippen LogP contribution in [0.3, 0.4) is 0 Å². The number of benzene rings is 1. The third-order valence-electron chi connectivity index (χ3n) is 5.32. The number of likely N-dealkylation sites (tertiary alicyclic amines) is 1. The number of thiazole rings is 1. The van der Waals surface area contributed by atoms with Crippen molar-refractivity contribution in [1.82, 2.24) is 19.4 Å². The molecule has 1 amide bonds. The highest BCUT2D eigenvalue weighted by Gasteiger charge is 2.27. The molecule has 0 bridgehead atoms. The fraction of sp³-hybridized carbons (Fsp3) is 0.381. The molecule has 1 aromatic carbocycles. The molecule has 2 aromatic heterocycles. The van der Waals surface area contributed by atoms with Gasteiger partial charge in [-0.2, -0.15) is 0 Å². The van der Waals surface area contributed by atoms with Gasteiger partial charge < -0.3 is 18.9 Å². The van der Waals surface area contributed by atoms with Crippen LogP contribution in [0.25, 0.3) is 10.6 Å². The Labute approximate surface area is 173 Å². The predicted octanol–water partition coefficient (Wildman–Crippen LogP) is 3.81. The molecule has 3 heterocycles. The number of piperidine rings is 1. The molecule has 152 valence electrons. The number of imidazole rings is 1. The molecular weight excluding hydrogens is 388 g/mol. The second kappa shape index (κ2) is 8.24. The van der Waals surface area contributed by atoms with Crippen LogP contribution in [0.2, 0.25) is 0 Å². The van der Waals surface area contributed by atoms with Crippen LogP contribution in [-0.4, -0.2) is 52.7 Å². The van der Waals surface area contributed by atoms with E-state index < -0.39 is 0 Å². The van der Waals surface area contributed by atoms with Gasteiger partial charge in [0.25, 0.3) is 5.91 Å². The molecule has 4 rings (SSSR count). The lowest BCUT2D eigenvalue weighted by Crippen LogP contribution is -2.38. The van der Waals surface area contributed by atoms with Crippen molar-refractivity contribution in [2.75, 3.05) is 27.3 Å². The van der Waals surface area contributed by atoms with Crippen molar-refractivity contribution in [2.45, 2.75) is 25.8 Å². The highest BCUT2D eigenvalue weighted by atomic mass is 32.1. The monoisotopic (exact) mass is 412 g/mol. The van der Waals surface area contributed by atoms with E-state index in [4.69, 9.17) is 9.47 Å². The Balaban J connectivity index is 1.50. The molecule has 0 aliphatic carbocycles. The first-order valence-corrected chi connectivity index (χ1v) is 10.4. The van der Waals surface area contributed by atoms with Crippen molar-refractivity contribution in [3.63, 3.8) is 0 Å². The van der Waals surface area contributed by atoms with Gasteiger partial charge in [-0.25, -0.2) is 9.97 Å². The highest BCUT2D eigenvalue weighted by Crippen LogP contribution is 2.35. The van der Waals surface area contributed by atoms with E-state index in [1.54, 1.807) is 20.4 Å². The van der Waals surface area contributed by atoms with Gasteiger partial charge in [-0.05, 0) is 38.0 Å². The fourth-order valence-electron chi connectivity index (χ4n) is 3.68.